The fourth-order valence-corrected chi connectivity index (χ4v) is 2.37. The highest BCUT2D eigenvalue weighted by Gasteiger charge is 2.30. The van der Waals surface area contributed by atoms with Gasteiger partial charge in [0.15, 0.2) is 5.78 Å². The third kappa shape index (κ3) is 2.92. The van der Waals surface area contributed by atoms with E-state index in [2.05, 4.69) is 34.6 Å². The van der Waals surface area contributed by atoms with Gasteiger partial charge in [-0.25, -0.2) is 0 Å². The summed E-state index contributed by atoms with van der Waals surface area (Å²) >= 11 is 0. The SMILES string of the molecule is CC(C)(C)CC(=O)c1ccc2c(c1)CC(C)(C)O2. The fourth-order valence-electron chi connectivity index (χ4n) is 2.37. The third-order valence-electron chi connectivity index (χ3n) is 3.08. The zero-order chi connectivity index (χ0) is 13.6. The smallest absolute Gasteiger partial charge is 0.163 e. The molecule has 0 N–H and O–H groups in total. The van der Waals surface area contributed by atoms with Gasteiger partial charge in [0.2, 0.25) is 0 Å². The lowest BCUT2D eigenvalue weighted by Gasteiger charge is -2.17. The number of Topliss-reactive ketones (excluding diaryl/α,β-unsaturated/α-hetero) is 1. The average molecular weight is 246 g/mol. The van der Waals surface area contributed by atoms with E-state index in [1.54, 1.807) is 0 Å². The van der Waals surface area contributed by atoms with Crippen LogP contribution in [0.25, 0.3) is 0 Å². The first-order chi connectivity index (χ1) is 8.16. The van der Waals surface area contributed by atoms with E-state index in [1.165, 1.54) is 0 Å². The first-order valence-corrected chi connectivity index (χ1v) is 6.51. The van der Waals surface area contributed by atoms with Crippen LogP contribution in [-0.4, -0.2) is 11.4 Å². The van der Waals surface area contributed by atoms with E-state index >= 15 is 0 Å². The molecule has 0 radical (unpaired) electrons. The van der Waals surface area contributed by atoms with Crippen molar-refractivity contribution in [3.63, 3.8) is 0 Å². The number of benzene rings is 1. The number of rotatable bonds is 2. The number of ether oxygens (including phenoxy) is 1. The molecule has 0 amide bonds. The van der Waals surface area contributed by atoms with Crippen molar-refractivity contribution < 1.29 is 9.53 Å². The Hall–Kier alpha value is -1.31. The van der Waals surface area contributed by atoms with Crippen molar-refractivity contribution in [3.8, 4) is 5.75 Å². The molecule has 2 rings (SSSR count). The third-order valence-corrected chi connectivity index (χ3v) is 3.08. The predicted molar refractivity (Wildman–Crippen MR) is 73.3 cm³/mol. The lowest BCUT2D eigenvalue weighted by atomic mass is 9.87. The van der Waals surface area contributed by atoms with Gasteiger partial charge < -0.3 is 4.74 Å². The summed E-state index contributed by atoms with van der Waals surface area (Å²) in [4.78, 5) is 12.2. The maximum Gasteiger partial charge on any atom is 0.163 e. The van der Waals surface area contributed by atoms with Gasteiger partial charge in [-0.15, -0.1) is 0 Å². The largest absolute Gasteiger partial charge is 0.487 e. The molecule has 98 valence electrons. The molecule has 0 saturated carbocycles. The lowest BCUT2D eigenvalue weighted by Crippen LogP contribution is -2.24. The molecule has 1 aromatic carbocycles. The molecule has 2 heteroatoms. The minimum atomic E-state index is -0.145. The second kappa shape index (κ2) is 4.11. The summed E-state index contributed by atoms with van der Waals surface area (Å²) in [7, 11) is 0. The number of hydrogen-bond acceptors (Lipinski definition) is 2. The summed E-state index contributed by atoms with van der Waals surface area (Å²) in [6.45, 7) is 10.4. The van der Waals surface area contributed by atoms with Gasteiger partial charge in [0.25, 0.3) is 0 Å². The molecule has 0 saturated heterocycles. The average Bonchev–Trinajstić information content (AvgIpc) is 2.47. The Morgan fingerprint density at radius 3 is 2.61 bits per heavy atom. The molecule has 1 aliphatic rings. The van der Waals surface area contributed by atoms with Gasteiger partial charge in [-0.3, -0.25) is 4.79 Å². The highest BCUT2D eigenvalue weighted by atomic mass is 16.5. The highest BCUT2D eigenvalue weighted by molar-refractivity contribution is 5.96. The number of carbonyl (C=O) groups is 1. The summed E-state index contributed by atoms with van der Waals surface area (Å²) in [5.74, 6) is 1.14. The number of carbonyl (C=O) groups excluding carboxylic acids is 1. The predicted octanol–water partition coefficient (Wildman–Crippen LogP) is 4.02. The van der Waals surface area contributed by atoms with Crippen molar-refractivity contribution in [1.82, 2.24) is 0 Å². The molecule has 0 aliphatic carbocycles. The molecule has 2 nitrogen and oxygen atoms in total. The van der Waals surface area contributed by atoms with Crippen LogP contribution in [-0.2, 0) is 6.42 Å². The summed E-state index contributed by atoms with van der Waals surface area (Å²) in [5.41, 5.74) is 1.85. The number of fused-ring (bicyclic) bond motifs is 1. The Kier molecular flexibility index (Phi) is 3.00. The van der Waals surface area contributed by atoms with Crippen LogP contribution in [0, 0.1) is 5.41 Å². The van der Waals surface area contributed by atoms with Crippen LogP contribution < -0.4 is 4.74 Å². The summed E-state index contributed by atoms with van der Waals surface area (Å²) in [6.07, 6.45) is 1.45. The van der Waals surface area contributed by atoms with Crippen molar-refractivity contribution in [3.05, 3.63) is 29.3 Å². The molecule has 1 heterocycles. The molecule has 0 spiro atoms. The van der Waals surface area contributed by atoms with Crippen LogP contribution in [0.4, 0.5) is 0 Å². The van der Waals surface area contributed by atoms with Crippen molar-refractivity contribution >= 4 is 5.78 Å². The van der Waals surface area contributed by atoms with E-state index < -0.39 is 0 Å². The zero-order valence-electron chi connectivity index (χ0n) is 12.0. The summed E-state index contributed by atoms with van der Waals surface area (Å²) < 4.78 is 5.82. The van der Waals surface area contributed by atoms with Crippen LogP contribution in [0.1, 0.15) is 57.0 Å². The fraction of sp³-hybridized carbons (Fsp3) is 0.562. The van der Waals surface area contributed by atoms with E-state index in [9.17, 15) is 4.79 Å². The second-order valence-corrected chi connectivity index (χ2v) is 7.02. The Morgan fingerprint density at radius 2 is 2.00 bits per heavy atom. The van der Waals surface area contributed by atoms with Gasteiger partial charge in [0.05, 0.1) is 0 Å². The molecule has 0 atom stereocenters. The van der Waals surface area contributed by atoms with Gasteiger partial charge in [-0.05, 0) is 43.0 Å². The second-order valence-electron chi connectivity index (χ2n) is 7.02. The standard InChI is InChI=1S/C16H22O2/c1-15(2,3)10-13(17)11-6-7-14-12(8-11)9-16(4,5)18-14/h6-8H,9-10H2,1-5H3. The van der Waals surface area contributed by atoms with Gasteiger partial charge in [-0.1, -0.05) is 20.8 Å². The monoisotopic (exact) mass is 246 g/mol. The molecule has 0 bridgehead atoms. The minimum Gasteiger partial charge on any atom is -0.487 e. The van der Waals surface area contributed by atoms with E-state index in [0.29, 0.717) is 6.42 Å². The topological polar surface area (TPSA) is 26.3 Å². The Bertz CT molecular complexity index is 478. The van der Waals surface area contributed by atoms with Gasteiger partial charge in [-0.2, -0.15) is 0 Å². The normalized spacial score (nSPS) is 17.2. The Labute approximate surface area is 109 Å². The first kappa shape index (κ1) is 13.1. The van der Waals surface area contributed by atoms with Gasteiger partial charge in [0.1, 0.15) is 11.4 Å². The Balaban J connectivity index is 2.21. The maximum atomic E-state index is 12.2. The molecule has 0 fully saturated rings. The van der Waals surface area contributed by atoms with Crippen LogP contribution in [0.5, 0.6) is 5.75 Å². The van der Waals surface area contributed by atoms with Crippen molar-refractivity contribution in [2.75, 3.05) is 0 Å². The molecular formula is C16H22O2. The minimum absolute atomic E-state index is 0.0336. The van der Waals surface area contributed by atoms with E-state index in [4.69, 9.17) is 4.74 Å². The number of hydrogen-bond donors (Lipinski definition) is 0. The van der Waals surface area contributed by atoms with Crippen molar-refractivity contribution in [2.24, 2.45) is 5.41 Å². The van der Waals surface area contributed by atoms with Crippen LogP contribution in [0.2, 0.25) is 0 Å². The molecule has 1 aliphatic heterocycles. The quantitative estimate of drug-likeness (QED) is 0.737. The van der Waals surface area contributed by atoms with Gasteiger partial charge >= 0.3 is 0 Å². The molecule has 0 unspecified atom stereocenters. The van der Waals surface area contributed by atoms with Gasteiger partial charge in [0, 0.05) is 18.4 Å². The van der Waals surface area contributed by atoms with Crippen LogP contribution in [0.15, 0.2) is 18.2 Å². The van der Waals surface area contributed by atoms with Crippen LogP contribution in [0.3, 0.4) is 0 Å². The molecular weight excluding hydrogens is 224 g/mol. The highest BCUT2D eigenvalue weighted by Crippen LogP contribution is 2.35. The van der Waals surface area contributed by atoms with E-state index in [-0.39, 0.29) is 16.8 Å². The van der Waals surface area contributed by atoms with Crippen molar-refractivity contribution in [2.45, 2.75) is 53.1 Å². The summed E-state index contributed by atoms with van der Waals surface area (Å²) in [6, 6.07) is 5.81. The van der Waals surface area contributed by atoms with Crippen molar-refractivity contribution in [1.29, 1.82) is 0 Å². The van der Waals surface area contributed by atoms with E-state index in [0.717, 1.165) is 23.3 Å². The first-order valence-electron chi connectivity index (χ1n) is 6.51. The Morgan fingerprint density at radius 1 is 1.33 bits per heavy atom. The molecule has 1 aromatic rings. The molecule has 0 aromatic heterocycles. The molecule has 18 heavy (non-hydrogen) atoms. The van der Waals surface area contributed by atoms with Crippen LogP contribution >= 0.6 is 0 Å². The summed E-state index contributed by atoms with van der Waals surface area (Å²) in [5, 5.41) is 0. The van der Waals surface area contributed by atoms with E-state index in [1.807, 2.05) is 18.2 Å². The maximum absolute atomic E-state index is 12.2. The zero-order valence-corrected chi connectivity index (χ0v) is 12.0. The lowest BCUT2D eigenvalue weighted by molar-refractivity contribution is 0.0940. The number of ketones is 1.